The molecule has 2 N–H and O–H groups in total. The number of nitrogens with one attached hydrogen (secondary N) is 2. The van der Waals surface area contributed by atoms with Crippen molar-refractivity contribution in [3.63, 3.8) is 0 Å². The van der Waals surface area contributed by atoms with E-state index < -0.39 is 10.9 Å². The summed E-state index contributed by atoms with van der Waals surface area (Å²) in [5.41, 5.74) is 0.728. The van der Waals surface area contributed by atoms with Gasteiger partial charge in [0.1, 0.15) is 33.5 Å². The van der Waals surface area contributed by atoms with Gasteiger partial charge in [0.15, 0.2) is 11.6 Å². The van der Waals surface area contributed by atoms with Gasteiger partial charge in [-0.2, -0.15) is 19.6 Å². The quantitative estimate of drug-likeness (QED) is 0.203. The maximum Gasteiger partial charge on any atom is 0.250 e. The second-order valence-corrected chi connectivity index (χ2v) is 10.0. The molecule has 0 saturated carbocycles. The fraction of sp³-hybridized carbons (Fsp3) is 0.0625. The molecule has 12 nitrogen and oxygen atoms in total. The molecule has 0 aliphatic carbocycles. The van der Waals surface area contributed by atoms with Crippen LogP contribution in [0.5, 0.6) is 0 Å². The third-order valence-corrected chi connectivity index (χ3v) is 6.91. The lowest BCUT2D eigenvalue weighted by atomic mass is 10.2. The summed E-state index contributed by atoms with van der Waals surface area (Å²) in [6.07, 6.45) is 5.69. The number of benzene rings is 3. The van der Waals surface area contributed by atoms with Gasteiger partial charge >= 0.3 is 0 Å². The molecule has 4 aromatic heterocycles. The van der Waals surface area contributed by atoms with Crippen molar-refractivity contribution in [1.82, 2.24) is 29.5 Å². The van der Waals surface area contributed by atoms with Gasteiger partial charge in [0.05, 0.1) is 11.4 Å². The van der Waals surface area contributed by atoms with Crippen LogP contribution in [0.2, 0.25) is 0 Å². The van der Waals surface area contributed by atoms with Crippen molar-refractivity contribution < 1.29 is 18.4 Å². The number of ketones is 2. The van der Waals surface area contributed by atoms with Crippen LogP contribution in [0.15, 0.2) is 91.2 Å². The SMILES string of the molecule is CC(=O)/C=C/c1nn(-c2ccccc2)c2oc3c(=O)c4[nH]c5c(/C=C/C(C)=O)nn(-c6ccccc6)c5oc4c(=O)c3[nH]c12. The first-order valence-corrected chi connectivity index (χ1v) is 13.5. The Kier molecular flexibility index (Phi) is 6.17. The second kappa shape index (κ2) is 10.2. The largest absolute Gasteiger partial charge is 0.430 e. The molecule has 216 valence electrons. The van der Waals surface area contributed by atoms with Crippen molar-refractivity contribution in [3.05, 3.63) is 105 Å². The second-order valence-electron chi connectivity index (χ2n) is 10.0. The molecule has 7 rings (SSSR count). The monoisotopic (exact) mass is 586 g/mol. The van der Waals surface area contributed by atoms with E-state index in [4.69, 9.17) is 8.83 Å². The Morgan fingerprint density at radius 2 is 1.02 bits per heavy atom. The Morgan fingerprint density at radius 3 is 1.39 bits per heavy atom. The number of para-hydroxylation sites is 2. The van der Waals surface area contributed by atoms with Crippen LogP contribution in [0, 0.1) is 0 Å². The topological polar surface area (TPSA) is 162 Å². The van der Waals surface area contributed by atoms with Gasteiger partial charge in [-0.05, 0) is 62.4 Å². The summed E-state index contributed by atoms with van der Waals surface area (Å²) in [5, 5.41) is 9.16. The van der Waals surface area contributed by atoms with E-state index in [1.165, 1.54) is 47.5 Å². The molecule has 0 aliphatic rings. The van der Waals surface area contributed by atoms with Crippen LogP contribution in [0.1, 0.15) is 25.2 Å². The van der Waals surface area contributed by atoms with Gasteiger partial charge in [0.25, 0.3) is 10.9 Å². The minimum Gasteiger partial charge on any atom is -0.430 e. The molecular weight excluding hydrogens is 564 g/mol. The Morgan fingerprint density at radius 1 is 0.636 bits per heavy atom. The molecule has 3 aromatic carbocycles. The van der Waals surface area contributed by atoms with E-state index in [0.29, 0.717) is 33.8 Å². The minimum atomic E-state index is -0.644. The first-order chi connectivity index (χ1) is 21.3. The Hall–Kier alpha value is -6.30. The summed E-state index contributed by atoms with van der Waals surface area (Å²) < 4.78 is 15.2. The number of nitrogens with zero attached hydrogens (tertiary/aromatic N) is 4. The number of fused-ring (bicyclic) bond motifs is 4. The molecular formula is C32H22N6O6. The predicted molar refractivity (Wildman–Crippen MR) is 165 cm³/mol. The van der Waals surface area contributed by atoms with Crippen LogP contribution in [-0.4, -0.2) is 41.1 Å². The van der Waals surface area contributed by atoms with Gasteiger partial charge in [-0.25, -0.2) is 0 Å². The smallest absolute Gasteiger partial charge is 0.250 e. The van der Waals surface area contributed by atoms with E-state index in [2.05, 4.69) is 20.2 Å². The zero-order valence-corrected chi connectivity index (χ0v) is 23.3. The predicted octanol–water partition coefficient (Wildman–Crippen LogP) is 5.00. The fourth-order valence-corrected chi connectivity index (χ4v) is 4.90. The molecule has 0 amide bonds. The summed E-state index contributed by atoms with van der Waals surface area (Å²) in [6.45, 7) is 2.81. The van der Waals surface area contributed by atoms with Crippen LogP contribution in [-0.2, 0) is 9.59 Å². The van der Waals surface area contributed by atoms with E-state index in [-0.39, 0.29) is 45.2 Å². The van der Waals surface area contributed by atoms with Crippen LogP contribution in [0.4, 0.5) is 0 Å². The zero-order valence-electron chi connectivity index (χ0n) is 23.3. The number of rotatable bonds is 6. The average Bonchev–Trinajstić information content (AvgIpc) is 3.58. The van der Waals surface area contributed by atoms with Crippen LogP contribution in [0.25, 0.3) is 68.2 Å². The number of aromatic nitrogens is 6. The van der Waals surface area contributed by atoms with Gasteiger partial charge in [0.2, 0.25) is 22.6 Å². The third kappa shape index (κ3) is 4.32. The number of hydrogen-bond donors (Lipinski definition) is 2. The van der Waals surface area contributed by atoms with E-state index in [9.17, 15) is 19.2 Å². The Labute approximate surface area is 246 Å². The van der Waals surface area contributed by atoms with Crippen molar-refractivity contribution >= 4 is 68.4 Å². The van der Waals surface area contributed by atoms with E-state index >= 15 is 0 Å². The summed E-state index contributed by atoms with van der Waals surface area (Å²) in [4.78, 5) is 57.3. The lowest BCUT2D eigenvalue weighted by molar-refractivity contribution is -0.113. The molecule has 7 aromatic rings. The lowest BCUT2D eigenvalue weighted by Gasteiger charge is -2.06. The molecule has 0 saturated heterocycles. The number of hydrogen-bond acceptors (Lipinski definition) is 8. The van der Waals surface area contributed by atoms with Gasteiger partial charge in [0, 0.05) is 0 Å². The number of aromatic amines is 2. The molecule has 0 radical (unpaired) electrons. The summed E-state index contributed by atoms with van der Waals surface area (Å²) in [5.74, 6) is -0.401. The van der Waals surface area contributed by atoms with Crippen molar-refractivity contribution in [2.45, 2.75) is 13.8 Å². The zero-order chi connectivity index (χ0) is 30.5. The highest BCUT2D eigenvalue weighted by Gasteiger charge is 2.23. The Balaban J connectivity index is 1.58. The lowest BCUT2D eigenvalue weighted by Crippen LogP contribution is -2.16. The van der Waals surface area contributed by atoms with E-state index in [1.54, 1.807) is 24.3 Å². The number of carbonyl (C=O) groups is 2. The summed E-state index contributed by atoms with van der Waals surface area (Å²) in [7, 11) is 0. The van der Waals surface area contributed by atoms with Crippen molar-refractivity contribution in [2.24, 2.45) is 0 Å². The van der Waals surface area contributed by atoms with Crippen LogP contribution in [0.3, 0.4) is 0 Å². The molecule has 4 heterocycles. The summed E-state index contributed by atoms with van der Waals surface area (Å²) in [6, 6.07) is 18.1. The molecule has 12 heteroatoms. The highest BCUT2D eigenvalue weighted by atomic mass is 16.4. The van der Waals surface area contributed by atoms with E-state index in [0.717, 1.165) is 0 Å². The maximum atomic E-state index is 13.9. The highest BCUT2D eigenvalue weighted by molar-refractivity contribution is 5.98. The van der Waals surface area contributed by atoms with Crippen molar-refractivity contribution in [1.29, 1.82) is 0 Å². The van der Waals surface area contributed by atoms with E-state index in [1.807, 2.05) is 36.4 Å². The van der Waals surface area contributed by atoms with Crippen molar-refractivity contribution in [3.8, 4) is 11.4 Å². The molecule has 0 atom stereocenters. The van der Waals surface area contributed by atoms with Crippen molar-refractivity contribution in [2.75, 3.05) is 0 Å². The van der Waals surface area contributed by atoms with Gasteiger partial charge in [-0.15, -0.1) is 0 Å². The maximum absolute atomic E-state index is 13.9. The first-order valence-electron chi connectivity index (χ1n) is 13.5. The normalized spacial score (nSPS) is 12.0. The molecule has 0 unspecified atom stereocenters. The third-order valence-electron chi connectivity index (χ3n) is 6.91. The first kappa shape index (κ1) is 26.6. The summed E-state index contributed by atoms with van der Waals surface area (Å²) >= 11 is 0. The van der Waals surface area contributed by atoms with Gasteiger partial charge < -0.3 is 18.8 Å². The highest BCUT2D eigenvalue weighted by Crippen LogP contribution is 2.27. The molecule has 0 fully saturated rings. The standard InChI is InChI=1S/C32H22N6O6/c1-17(39)13-15-21-23-31(37(35-21)19-9-5-3-6-10-19)43-29-25(33-23)27(41)30-26(28(29)42)34-24-22(16-14-18(2)40)36-38(32(24)44-30)20-11-7-4-8-12-20/h3-16,33-34H,1-2H3/b15-13+,16-14+. The average molecular weight is 587 g/mol. The molecule has 0 spiro atoms. The van der Waals surface area contributed by atoms with Gasteiger partial charge in [-0.1, -0.05) is 36.4 Å². The van der Waals surface area contributed by atoms with Crippen LogP contribution < -0.4 is 10.9 Å². The van der Waals surface area contributed by atoms with Crippen LogP contribution >= 0.6 is 0 Å². The molecule has 44 heavy (non-hydrogen) atoms. The number of H-pyrrole nitrogens is 2. The molecule has 0 bridgehead atoms. The molecule has 0 aliphatic heterocycles. The number of carbonyl (C=O) groups excluding carboxylic acids is 2. The fourth-order valence-electron chi connectivity index (χ4n) is 4.90. The minimum absolute atomic E-state index is 0.140. The Bertz CT molecular complexity index is 2310. The number of allylic oxidation sites excluding steroid dienone is 2. The van der Waals surface area contributed by atoms with Gasteiger partial charge in [-0.3, -0.25) is 19.2 Å².